The molecule has 0 aromatic carbocycles. The van der Waals surface area contributed by atoms with E-state index < -0.39 is 10.0 Å². The summed E-state index contributed by atoms with van der Waals surface area (Å²) < 4.78 is 29.2. The number of hydrogen-bond donors (Lipinski definition) is 2. The van der Waals surface area contributed by atoms with Gasteiger partial charge in [-0.25, -0.2) is 13.4 Å². The van der Waals surface area contributed by atoms with Crippen molar-refractivity contribution in [2.75, 3.05) is 4.72 Å². The lowest BCUT2D eigenvalue weighted by Crippen LogP contribution is -2.13. The minimum Gasteiger partial charge on any atom is -0.390 e. The number of aryl methyl sites for hydroxylation is 1. The summed E-state index contributed by atoms with van der Waals surface area (Å²) >= 11 is 3.23. The maximum atomic E-state index is 12.3. The van der Waals surface area contributed by atoms with E-state index in [1.807, 2.05) is 6.92 Å². The molecule has 0 bridgehead atoms. The van der Waals surface area contributed by atoms with Crippen LogP contribution in [0.15, 0.2) is 40.0 Å². The Labute approximate surface area is 125 Å². The average Bonchev–Trinajstić information content (AvgIpc) is 2.85. The summed E-state index contributed by atoms with van der Waals surface area (Å²) in [6.07, 6.45) is 2.99. The van der Waals surface area contributed by atoms with Crippen LogP contribution in [-0.2, 0) is 23.2 Å². The first-order valence-electron chi connectivity index (χ1n) is 5.91. The van der Waals surface area contributed by atoms with Gasteiger partial charge in [0.1, 0.15) is 4.90 Å². The number of hydrogen-bond acceptors (Lipinski definition) is 4. The molecule has 8 heteroatoms. The molecule has 0 radical (unpaired) electrons. The molecule has 2 heterocycles. The van der Waals surface area contributed by atoms with Gasteiger partial charge in [-0.2, -0.15) is 0 Å². The molecule has 20 heavy (non-hydrogen) atoms. The zero-order valence-corrected chi connectivity index (χ0v) is 13.1. The van der Waals surface area contributed by atoms with Gasteiger partial charge in [-0.15, -0.1) is 0 Å². The molecule has 0 aliphatic heterocycles. The van der Waals surface area contributed by atoms with Crippen molar-refractivity contribution >= 4 is 31.8 Å². The highest BCUT2D eigenvalue weighted by Gasteiger charge is 2.19. The molecule has 0 atom stereocenters. The predicted molar refractivity (Wildman–Crippen MR) is 78.8 cm³/mol. The number of rotatable bonds is 5. The van der Waals surface area contributed by atoms with Crippen LogP contribution in [0.3, 0.4) is 0 Å². The van der Waals surface area contributed by atoms with E-state index in [-0.39, 0.29) is 17.3 Å². The maximum absolute atomic E-state index is 12.3. The molecule has 6 nitrogen and oxygen atoms in total. The number of halogens is 1. The van der Waals surface area contributed by atoms with Crippen LogP contribution >= 0.6 is 15.9 Å². The Kier molecular flexibility index (Phi) is 4.46. The SMILES string of the molecule is CCn1cc(S(=O)(=O)Nc2ncccc2Br)cc1CO. The van der Waals surface area contributed by atoms with E-state index in [0.29, 0.717) is 16.7 Å². The monoisotopic (exact) mass is 359 g/mol. The Morgan fingerprint density at radius 3 is 2.80 bits per heavy atom. The molecule has 2 N–H and O–H groups in total. The van der Waals surface area contributed by atoms with Crippen molar-refractivity contribution in [2.45, 2.75) is 25.0 Å². The second kappa shape index (κ2) is 5.94. The number of anilines is 1. The summed E-state index contributed by atoms with van der Waals surface area (Å²) in [6.45, 7) is 2.24. The molecule has 108 valence electrons. The molecule has 2 aromatic rings. The van der Waals surface area contributed by atoms with E-state index in [4.69, 9.17) is 0 Å². The van der Waals surface area contributed by atoms with Gasteiger partial charge in [-0.1, -0.05) is 0 Å². The van der Waals surface area contributed by atoms with Gasteiger partial charge in [0.15, 0.2) is 5.82 Å². The highest BCUT2D eigenvalue weighted by molar-refractivity contribution is 9.10. The van der Waals surface area contributed by atoms with Crippen molar-refractivity contribution in [3.8, 4) is 0 Å². The molecule has 0 aliphatic carbocycles. The summed E-state index contributed by atoms with van der Waals surface area (Å²) in [4.78, 5) is 4.06. The lowest BCUT2D eigenvalue weighted by atomic mass is 10.4. The largest absolute Gasteiger partial charge is 0.390 e. The average molecular weight is 360 g/mol. The van der Waals surface area contributed by atoms with Crippen LogP contribution < -0.4 is 4.72 Å². The molecule has 0 saturated heterocycles. The summed E-state index contributed by atoms with van der Waals surface area (Å²) in [6, 6.07) is 4.84. The number of aliphatic hydroxyl groups is 1. The van der Waals surface area contributed by atoms with Gasteiger partial charge in [0.05, 0.1) is 11.1 Å². The third kappa shape index (κ3) is 3.02. The van der Waals surface area contributed by atoms with Gasteiger partial charge in [0, 0.05) is 24.6 Å². The zero-order chi connectivity index (χ0) is 14.8. The van der Waals surface area contributed by atoms with E-state index in [1.54, 1.807) is 16.7 Å². The first-order chi connectivity index (χ1) is 9.47. The van der Waals surface area contributed by atoms with Crippen molar-refractivity contribution in [3.63, 3.8) is 0 Å². The fourth-order valence-electron chi connectivity index (χ4n) is 1.75. The lowest BCUT2D eigenvalue weighted by Gasteiger charge is -2.06. The smallest absolute Gasteiger partial charge is 0.264 e. The van der Waals surface area contributed by atoms with Gasteiger partial charge in [-0.05, 0) is 41.1 Å². The summed E-state index contributed by atoms with van der Waals surface area (Å²) in [5.41, 5.74) is 0.549. The Morgan fingerprint density at radius 1 is 1.50 bits per heavy atom. The van der Waals surface area contributed by atoms with E-state index in [1.165, 1.54) is 18.5 Å². The zero-order valence-electron chi connectivity index (χ0n) is 10.7. The van der Waals surface area contributed by atoms with Crippen molar-refractivity contribution in [2.24, 2.45) is 0 Å². The van der Waals surface area contributed by atoms with Gasteiger partial charge >= 0.3 is 0 Å². The van der Waals surface area contributed by atoms with E-state index in [2.05, 4.69) is 25.6 Å². The number of nitrogens with one attached hydrogen (secondary N) is 1. The number of aliphatic hydroxyl groups excluding tert-OH is 1. The third-order valence-electron chi connectivity index (χ3n) is 2.76. The van der Waals surface area contributed by atoms with Crippen LogP contribution in [0.4, 0.5) is 5.82 Å². The molecule has 0 saturated carbocycles. The van der Waals surface area contributed by atoms with E-state index in [0.717, 1.165) is 0 Å². The minimum absolute atomic E-state index is 0.0981. The topological polar surface area (TPSA) is 84.2 Å². The number of nitrogens with zero attached hydrogens (tertiary/aromatic N) is 2. The van der Waals surface area contributed by atoms with Crippen LogP contribution in [0.1, 0.15) is 12.6 Å². The molecule has 2 rings (SSSR count). The standard InChI is InChI=1S/C12H14BrN3O3S/c1-2-16-7-10(6-9(16)8-17)20(18,19)15-12-11(13)4-3-5-14-12/h3-7,17H,2,8H2,1H3,(H,14,15). The Hall–Kier alpha value is -1.38. The summed E-state index contributed by atoms with van der Waals surface area (Å²) in [7, 11) is -3.73. The number of pyridine rings is 1. The second-order valence-electron chi connectivity index (χ2n) is 4.05. The van der Waals surface area contributed by atoms with Gasteiger partial charge in [-0.3, -0.25) is 4.72 Å². The lowest BCUT2D eigenvalue weighted by molar-refractivity contribution is 0.271. The number of aromatic nitrogens is 2. The molecule has 0 fully saturated rings. The normalized spacial score (nSPS) is 11.6. The molecule has 0 aliphatic rings. The Morgan fingerprint density at radius 2 is 2.25 bits per heavy atom. The highest BCUT2D eigenvalue weighted by Crippen LogP contribution is 2.23. The van der Waals surface area contributed by atoms with Crippen LogP contribution in [-0.4, -0.2) is 23.1 Å². The summed E-state index contributed by atoms with van der Waals surface area (Å²) in [5, 5.41) is 9.21. The molecule has 2 aromatic heterocycles. The van der Waals surface area contributed by atoms with E-state index >= 15 is 0 Å². The molecule has 0 unspecified atom stereocenters. The second-order valence-corrected chi connectivity index (χ2v) is 6.59. The van der Waals surface area contributed by atoms with Gasteiger partial charge < -0.3 is 9.67 Å². The number of sulfonamides is 1. The van der Waals surface area contributed by atoms with Crippen molar-refractivity contribution in [3.05, 3.63) is 40.8 Å². The highest BCUT2D eigenvalue weighted by atomic mass is 79.9. The first-order valence-corrected chi connectivity index (χ1v) is 8.18. The molecule has 0 spiro atoms. The van der Waals surface area contributed by atoms with Gasteiger partial charge in [0.25, 0.3) is 10.0 Å². The van der Waals surface area contributed by atoms with Crippen molar-refractivity contribution in [1.82, 2.24) is 9.55 Å². The predicted octanol–water partition coefficient (Wildman–Crippen LogP) is 1.96. The van der Waals surface area contributed by atoms with Crippen molar-refractivity contribution < 1.29 is 13.5 Å². The van der Waals surface area contributed by atoms with Crippen LogP contribution in [0.2, 0.25) is 0 Å². The van der Waals surface area contributed by atoms with Crippen LogP contribution in [0.5, 0.6) is 0 Å². The Balaban J connectivity index is 2.36. The molecular weight excluding hydrogens is 346 g/mol. The van der Waals surface area contributed by atoms with Crippen LogP contribution in [0.25, 0.3) is 0 Å². The van der Waals surface area contributed by atoms with Gasteiger partial charge in [0.2, 0.25) is 0 Å². The Bertz CT molecular complexity index is 691. The van der Waals surface area contributed by atoms with Crippen molar-refractivity contribution in [1.29, 1.82) is 0 Å². The third-order valence-corrected chi connectivity index (χ3v) is 4.71. The first kappa shape index (κ1) is 15.0. The summed E-state index contributed by atoms with van der Waals surface area (Å²) in [5.74, 6) is 0.224. The van der Waals surface area contributed by atoms with Crippen LogP contribution in [0, 0.1) is 0 Å². The molecular formula is C12H14BrN3O3S. The fraction of sp³-hybridized carbons (Fsp3) is 0.250. The quantitative estimate of drug-likeness (QED) is 0.854. The minimum atomic E-state index is -3.73. The molecule has 0 amide bonds. The van der Waals surface area contributed by atoms with E-state index in [9.17, 15) is 13.5 Å². The maximum Gasteiger partial charge on any atom is 0.264 e. The fourth-order valence-corrected chi connectivity index (χ4v) is 3.32.